The summed E-state index contributed by atoms with van der Waals surface area (Å²) in [7, 11) is 0. The van der Waals surface area contributed by atoms with Crippen LogP contribution in [-0.2, 0) is 4.79 Å². The van der Waals surface area contributed by atoms with Gasteiger partial charge in [0.2, 0.25) is 0 Å². The highest BCUT2D eigenvalue weighted by Gasteiger charge is 1.94. The number of carbonyl (C=O) groups is 1. The fourth-order valence-corrected chi connectivity index (χ4v) is 2.99. The van der Waals surface area contributed by atoms with Gasteiger partial charge in [-0.3, -0.25) is 0 Å². The van der Waals surface area contributed by atoms with Gasteiger partial charge in [0.05, 0.1) is 5.97 Å². The molecule has 0 aliphatic heterocycles. The molecule has 0 aromatic rings. The van der Waals surface area contributed by atoms with E-state index >= 15 is 0 Å². The van der Waals surface area contributed by atoms with Crippen LogP contribution in [-0.4, -0.2) is 19.1 Å². The van der Waals surface area contributed by atoms with Gasteiger partial charge in [-0.1, -0.05) is 103 Å². The van der Waals surface area contributed by atoms with Crippen LogP contribution in [0.2, 0.25) is 0 Å². The molecule has 0 spiro atoms. The third-order valence-electron chi connectivity index (χ3n) is 4.48. The average molecular weight is 327 g/mol. The number of carbonyl (C=O) groups excluding carboxylic acids is 1. The Hall–Kier alpha value is -0.570. The monoisotopic (exact) mass is 326 g/mol. The summed E-state index contributed by atoms with van der Waals surface area (Å²) in [5.41, 5.74) is 0. The third-order valence-corrected chi connectivity index (χ3v) is 4.48. The molecule has 138 valence electrons. The molecule has 0 amide bonds. The van der Waals surface area contributed by atoms with Gasteiger partial charge < -0.3 is 15.2 Å². The molecule has 23 heavy (non-hydrogen) atoms. The minimum absolute atomic E-state index is 0.0151. The molecule has 0 heterocycles. The molecule has 0 unspecified atom stereocenters. The van der Waals surface area contributed by atoms with Gasteiger partial charge in [0.25, 0.3) is 0 Å². The zero-order valence-corrected chi connectivity index (χ0v) is 15.5. The maximum atomic E-state index is 10.2. The van der Waals surface area contributed by atoms with Crippen LogP contribution in [0.25, 0.3) is 0 Å². The van der Waals surface area contributed by atoms with E-state index < -0.39 is 5.97 Å². The van der Waals surface area contributed by atoms with Gasteiger partial charge in [0, 0.05) is 6.54 Å². The molecular formula is C20H40NO2-. The number of unbranched alkanes of at least 4 members (excludes halogenated alkanes) is 15. The van der Waals surface area contributed by atoms with Crippen LogP contribution in [0.3, 0.4) is 0 Å². The Morgan fingerprint density at radius 3 is 1.35 bits per heavy atom. The van der Waals surface area contributed by atoms with Gasteiger partial charge in [-0.25, -0.2) is 0 Å². The van der Waals surface area contributed by atoms with Crippen molar-refractivity contribution in [3.8, 4) is 0 Å². The van der Waals surface area contributed by atoms with E-state index in [1.165, 1.54) is 96.3 Å². The van der Waals surface area contributed by atoms with Crippen molar-refractivity contribution in [1.82, 2.24) is 5.32 Å². The summed E-state index contributed by atoms with van der Waals surface area (Å²) in [5, 5.41) is 13.1. The second kappa shape index (κ2) is 19.5. The molecule has 0 radical (unpaired) electrons. The highest BCUT2D eigenvalue weighted by Crippen LogP contribution is 2.13. The summed E-state index contributed by atoms with van der Waals surface area (Å²) in [6.07, 6.45) is 21.9. The lowest BCUT2D eigenvalue weighted by molar-refractivity contribution is -0.304. The number of carboxylic acid groups (broad SMARTS) is 1. The standard InChI is InChI=1S/C20H41NO2/c1-2-3-4-5-6-7-8-9-10-11-12-13-14-15-16-17-18-21-19-20(22)23/h21H,2-19H2,1H3,(H,22,23)/p-1. The van der Waals surface area contributed by atoms with E-state index in [9.17, 15) is 9.90 Å². The second-order valence-corrected chi connectivity index (χ2v) is 6.85. The summed E-state index contributed by atoms with van der Waals surface area (Å²) in [4.78, 5) is 10.2. The Morgan fingerprint density at radius 1 is 0.652 bits per heavy atom. The van der Waals surface area contributed by atoms with Gasteiger partial charge in [-0.05, 0) is 13.0 Å². The Bertz CT molecular complexity index is 244. The molecule has 0 aromatic carbocycles. The van der Waals surface area contributed by atoms with Crippen molar-refractivity contribution >= 4 is 5.97 Å². The van der Waals surface area contributed by atoms with Crippen LogP contribution >= 0.6 is 0 Å². The third kappa shape index (κ3) is 21.4. The Balaban J connectivity index is 2.96. The molecule has 0 fully saturated rings. The molecule has 0 aromatic heterocycles. The highest BCUT2D eigenvalue weighted by atomic mass is 16.4. The van der Waals surface area contributed by atoms with Gasteiger partial charge in [-0.15, -0.1) is 0 Å². The van der Waals surface area contributed by atoms with E-state index in [2.05, 4.69) is 12.2 Å². The van der Waals surface area contributed by atoms with Crippen molar-refractivity contribution in [2.24, 2.45) is 0 Å². The van der Waals surface area contributed by atoms with Gasteiger partial charge in [0.15, 0.2) is 0 Å². The van der Waals surface area contributed by atoms with Crippen LogP contribution in [0.5, 0.6) is 0 Å². The first-order valence-corrected chi connectivity index (χ1v) is 10.2. The largest absolute Gasteiger partial charge is 0.549 e. The number of carboxylic acids is 1. The number of nitrogens with one attached hydrogen (secondary N) is 1. The molecule has 3 heteroatoms. The quantitative estimate of drug-likeness (QED) is 0.353. The maximum absolute atomic E-state index is 10.2. The first kappa shape index (κ1) is 22.4. The summed E-state index contributed by atoms with van der Waals surface area (Å²) < 4.78 is 0. The smallest absolute Gasteiger partial charge is 0.0552 e. The average Bonchev–Trinajstić information content (AvgIpc) is 2.53. The van der Waals surface area contributed by atoms with Crippen molar-refractivity contribution in [3.05, 3.63) is 0 Å². The first-order chi connectivity index (χ1) is 11.3. The van der Waals surface area contributed by atoms with Crippen LogP contribution in [0, 0.1) is 0 Å². The predicted molar refractivity (Wildman–Crippen MR) is 97.4 cm³/mol. The van der Waals surface area contributed by atoms with Crippen molar-refractivity contribution < 1.29 is 9.90 Å². The fraction of sp³-hybridized carbons (Fsp3) is 0.950. The molecule has 0 bridgehead atoms. The molecule has 3 nitrogen and oxygen atoms in total. The lowest BCUT2D eigenvalue weighted by Gasteiger charge is -2.05. The Labute approximate surface area is 144 Å². The van der Waals surface area contributed by atoms with E-state index in [4.69, 9.17) is 0 Å². The summed E-state index contributed by atoms with van der Waals surface area (Å²) in [6, 6.07) is 0. The van der Waals surface area contributed by atoms with Crippen LogP contribution in [0.15, 0.2) is 0 Å². The van der Waals surface area contributed by atoms with Crippen molar-refractivity contribution in [3.63, 3.8) is 0 Å². The molecule has 0 saturated heterocycles. The SMILES string of the molecule is CCCCCCCCCCCCCCCCCCNCC(=O)[O-]. The number of hydrogen-bond acceptors (Lipinski definition) is 3. The Morgan fingerprint density at radius 2 is 1.00 bits per heavy atom. The zero-order valence-electron chi connectivity index (χ0n) is 15.5. The molecule has 1 N–H and O–H groups in total. The fourth-order valence-electron chi connectivity index (χ4n) is 2.99. The van der Waals surface area contributed by atoms with Gasteiger partial charge in [-0.2, -0.15) is 0 Å². The van der Waals surface area contributed by atoms with Crippen molar-refractivity contribution in [2.45, 2.75) is 110 Å². The normalized spacial score (nSPS) is 11.0. The Kier molecular flexibility index (Phi) is 19.0. The van der Waals surface area contributed by atoms with E-state index in [1.807, 2.05) is 0 Å². The number of rotatable bonds is 19. The minimum Gasteiger partial charge on any atom is -0.549 e. The number of hydrogen-bond donors (Lipinski definition) is 1. The first-order valence-electron chi connectivity index (χ1n) is 10.2. The van der Waals surface area contributed by atoms with E-state index in [1.54, 1.807) is 0 Å². The topological polar surface area (TPSA) is 52.2 Å². The molecule has 0 atom stereocenters. The minimum atomic E-state index is -1.01. The second-order valence-electron chi connectivity index (χ2n) is 6.85. The zero-order chi connectivity index (χ0) is 17.0. The highest BCUT2D eigenvalue weighted by molar-refractivity contribution is 5.66. The summed E-state index contributed by atoms with van der Waals surface area (Å²) in [5.74, 6) is -1.01. The summed E-state index contributed by atoms with van der Waals surface area (Å²) >= 11 is 0. The molecule has 0 saturated carbocycles. The summed E-state index contributed by atoms with van der Waals surface area (Å²) in [6.45, 7) is 3.06. The molecular weight excluding hydrogens is 286 g/mol. The van der Waals surface area contributed by atoms with Gasteiger partial charge in [0.1, 0.15) is 0 Å². The number of aliphatic carboxylic acids is 1. The van der Waals surface area contributed by atoms with Crippen LogP contribution in [0.4, 0.5) is 0 Å². The maximum Gasteiger partial charge on any atom is 0.0552 e. The van der Waals surface area contributed by atoms with E-state index in [-0.39, 0.29) is 6.54 Å². The van der Waals surface area contributed by atoms with Gasteiger partial charge >= 0.3 is 0 Å². The van der Waals surface area contributed by atoms with Crippen molar-refractivity contribution in [2.75, 3.05) is 13.1 Å². The van der Waals surface area contributed by atoms with E-state index in [0.29, 0.717) is 0 Å². The molecule has 0 rings (SSSR count). The molecule has 0 aliphatic rings. The molecule has 0 aliphatic carbocycles. The van der Waals surface area contributed by atoms with Crippen LogP contribution in [0.1, 0.15) is 110 Å². The lowest BCUT2D eigenvalue weighted by atomic mass is 10.0. The van der Waals surface area contributed by atoms with Crippen molar-refractivity contribution in [1.29, 1.82) is 0 Å². The predicted octanol–water partition coefficient (Wildman–Crippen LogP) is 4.59. The lowest BCUT2D eigenvalue weighted by Crippen LogP contribution is -2.34. The van der Waals surface area contributed by atoms with E-state index in [0.717, 1.165) is 13.0 Å². The van der Waals surface area contributed by atoms with Crippen LogP contribution < -0.4 is 10.4 Å².